The van der Waals surface area contributed by atoms with Gasteiger partial charge in [-0.05, 0) is 12.1 Å². The van der Waals surface area contributed by atoms with Crippen molar-refractivity contribution in [1.29, 1.82) is 0 Å². The fourth-order valence-corrected chi connectivity index (χ4v) is 0.977. The van der Waals surface area contributed by atoms with Gasteiger partial charge in [-0.2, -0.15) is 0 Å². The first-order chi connectivity index (χ1) is 6.63. The molecule has 0 aliphatic heterocycles. The molecule has 0 aliphatic rings. The van der Waals surface area contributed by atoms with Crippen LogP contribution in [0.2, 0.25) is 0 Å². The van der Waals surface area contributed by atoms with Gasteiger partial charge in [0.1, 0.15) is 17.3 Å². The van der Waals surface area contributed by atoms with Crippen molar-refractivity contribution in [1.82, 2.24) is 10.3 Å². The van der Waals surface area contributed by atoms with Gasteiger partial charge in [0.15, 0.2) is 0 Å². The molecule has 0 fully saturated rings. The van der Waals surface area contributed by atoms with E-state index in [4.69, 9.17) is 15.6 Å². The van der Waals surface area contributed by atoms with Crippen LogP contribution in [0.4, 0.5) is 10.6 Å². The van der Waals surface area contributed by atoms with E-state index in [0.29, 0.717) is 17.3 Å². The lowest BCUT2D eigenvalue weighted by Crippen LogP contribution is -2.21. The lowest BCUT2D eigenvalue weighted by molar-refractivity contribution is 0.193. The number of methoxy groups -OCH3 is 1. The van der Waals surface area contributed by atoms with E-state index in [0.717, 1.165) is 0 Å². The smallest absolute Gasteiger partial charge is 0.404 e. The van der Waals surface area contributed by atoms with Crippen LogP contribution in [0.15, 0.2) is 12.1 Å². The molecule has 0 atom stereocenters. The van der Waals surface area contributed by atoms with Crippen molar-refractivity contribution >= 4 is 11.9 Å². The molecule has 0 radical (unpaired) electrons. The maximum Gasteiger partial charge on any atom is 0.404 e. The Kier molecular flexibility index (Phi) is 3.11. The monoisotopic (exact) mass is 197 g/mol. The Balaban J connectivity index is 2.82. The summed E-state index contributed by atoms with van der Waals surface area (Å²) in [5.74, 6) is 0.834. The number of nitrogens with one attached hydrogen (secondary N) is 1. The zero-order valence-corrected chi connectivity index (χ0v) is 7.65. The highest BCUT2D eigenvalue weighted by atomic mass is 16.5. The molecular formula is C8H11N3O3. The predicted molar refractivity (Wildman–Crippen MR) is 50.1 cm³/mol. The maximum absolute atomic E-state index is 10.2. The summed E-state index contributed by atoms with van der Waals surface area (Å²) in [7, 11) is 1.48. The zero-order chi connectivity index (χ0) is 10.6. The Morgan fingerprint density at radius 1 is 1.71 bits per heavy atom. The topological polar surface area (TPSA) is 97.5 Å². The van der Waals surface area contributed by atoms with Gasteiger partial charge in [0.05, 0.1) is 13.7 Å². The first-order valence-electron chi connectivity index (χ1n) is 3.89. The third-order valence-electron chi connectivity index (χ3n) is 1.58. The Hall–Kier alpha value is -1.98. The third kappa shape index (κ3) is 2.51. The first-order valence-corrected chi connectivity index (χ1v) is 3.89. The molecule has 1 heterocycles. The molecule has 1 aromatic heterocycles. The minimum atomic E-state index is -1.11. The molecule has 1 aromatic rings. The number of nitrogen functional groups attached to an aromatic ring is 1. The van der Waals surface area contributed by atoms with Crippen LogP contribution < -0.4 is 15.8 Å². The second-order valence-electron chi connectivity index (χ2n) is 2.54. The lowest BCUT2D eigenvalue weighted by atomic mass is 10.3. The van der Waals surface area contributed by atoms with Crippen molar-refractivity contribution in [3.63, 3.8) is 0 Å². The summed E-state index contributed by atoms with van der Waals surface area (Å²) in [6.07, 6.45) is -1.11. The van der Waals surface area contributed by atoms with E-state index in [9.17, 15) is 4.79 Å². The van der Waals surface area contributed by atoms with Crippen molar-refractivity contribution in [3.05, 3.63) is 17.8 Å². The number of rotatable bonds is 3. The molecule has 14 heavy (non-hydrogen) atoms. The van der Waals surface area contributed by atoms with Crippen LogP contribution >= 0.6 is 0 Å². The average molecular weight is 197 g/mol. The molecule has 0 saturated carbocycles. The van der Waals surface area contributed by atoms with Crippen LogP contribution in [0.3, 0.4) is 0 Å². The van der Waals surface area contributed by atoms with Gasteiger partial charge in [-0.1, -0.05) is 0 Å². The minimum absolute atomic E-state index is 0.0730. The zero-order valence-electron chi connectivity index (χ0n) is 7.65. The van der Waals surface area contributed by atoms with Crippen molar-refractivity contribution in [3.8, 4) is 5.75 Å². The van der Waals surface area contributed by atoms with Gasteiger partial charge in [0.2, 0.25) is 0 Å². The number of anilines is 1. The first kappa shape index (κ1) is 10.1. The highest BCUT2D eigenvalue weighted by molar-refractivity contribution is 5.64. The van der Waals surface area contributed by atoms with Crippen LogP contribution in [0.5, 0.6) is 5.75 Å². The van der Waals surface area contributed by atoms with Crippen LogP contribution in [0.25, 0.3) is 0 Å². The number of nitrogens with two attached hydrogens (primary N) is 1. The summed E-state index contributed by atoms with van der Waals surface area (Å²) < 4.78 is 4.98. The second-order valence-corrected chi connectivity index (χ2v) is 2.54. The van der Waals surface area contributed by atoms with Gasteiger partial charge in [-0.15, -0.1) is 0 Å². The summed E-state index contributed by atoms with van der Waals surface area (Å²) >= 11 is 0. The molecule has 0 aliphatic carbocycles. The number of pyridine rings is 1. The number of aromatic nitrogens is 1. The normalized spacial score (nSPS) is 9.50. The van der Waals surface area contributed by atoms with E-state index in [1.165, 1.54) is 7.11 Å². The Morgan fingerprint density at radius 3 is 3.00 bits per heavy atom. The molecular weight excluding hydrogens is 186 g/mol. The largest absolute Gasteiger partial charge is 0.495 e. The lowest BCUT2D eigenvalue weighted by Gasteiger charge is -2.07. The summed E-state index contributed by atoms with van der Waals surface area (Å²) in [6.45, 7) is 0.0730. The summed E-state index contributed by atoms with van der Waals surface area (Å²) in [5.41, 5.74) is 5.91. The molecule has 6 nitrogen and oxygen atoms in total. The van der Waals surface area contributed by atoms with Gasteiger partial charge in [-0.3, -0.25) is 0 Å². The van der Waals surface area contributed by atoms with E-state index in [1.54, 1.807) is 12.1 Å². The van der Waals surface area contributed by atoms with Crippen molar-refractivity contribution in [2.45, 2.75) is 6.54 Å². The number of hydrogen-bond donors (Lipinski definition) is 3. The Labute approximate surface area is 80.7 Å². The van der Waals surface area contributed by atoms with E-state index in [1.807, 2.05) is 0 Å². The van der Waals surface area contributed by atoms with Crippen LogP contribution in [-0.4, -0.2) is 23.3 Å². The summed E-state index contributed by atoms with van der Waals surface area (Å²) in [6, 6.07) is 3.23. The number of carboxylic acid groups (broad SMARTS) is 1. The Bertz CT molecular complexity index is 341. The number of hydrogen-bond acceptors (Lipinski definition) is 4. The number of amides is 1. The molecule has 1 rings (SSSR count). The van der Waals surface area contributed by atoms with Crippen LogP contribution in [0, 0.1) is 0 Å². The van der Waals surface area contributed by atoms with Gasteiger partial charge >= 0.3 is 6.09 Å². The SMILES string of the molecule is COc1ccc(N)nc1CNC(=O)O. The molecule has 4 N–H and O–H groups in total. The second kappa shape index (κ2) is 4.31. The predicted octanol–water partition coefficient (Wildman–Crippen LogP) is 0.440. The molecule has 0 unspecified atom stereocenters. The summed E-state index contributed by atoms with van der Waals surface area (Å²) in [5, 5.41) is 10.6. The van der Waals surface area contributed by atoms with Crippen molar-refractivity contribution in [2.24, 2.45) is 0 Å². The van der Waals surface area contributed by atoms with Gasteiger partial charge in [0, 0.05) is 0 Å². The highest BCUT2D eigenvalue weighted by Gasteiger charge is 2.06. The average Bonchev–Trinajstić information content (AvgIpc) is 2.15. The molecule has 1 amide bonds. The standard InChI is InChI=1S/C8H11N3O3/c1-14-6-2-3-7(9)11-5(6)4-10-8(12)13/h2-3,10H,4H2,1H3,(H2,9,11)(H,12,13). The fourth-order valence-electron chi connectivity index (χ4n) is 0.977. The maximum atomic E-state index is 10.2. The Morgan fingerprint density at radius 2 is 2.43 bits per heavy atom. The van der Waals surface area contributed by atoms with Crippen molar-refractivity contribution in [2.75, 3.05) is 12.8 Å². The van der Waals surface area contributed by atoms with E-state index in [2.05, 4.69) is 10.3 Å². The van der Waals surface area contributed by atoms with Gasteiger partial charge in [0.25, 0.3) is 0 Å². The van der Waals surface area contributed by atoms with Gasteiger partial charge in [-0.25, -0.2) is 9.78 Å². The van der Waals surface area contributed by atoms with Gasteiger partial charge < -0.3 is 20.9 Å². The molecule has 76 valence electrons. The molecule has 0 spiro atoms. The summed E-state index contributed by atoms with van der Waals surface area (Å²) in [4.78, 5) is 14.2. The highest BCUT2D eigenvalue weighted by Crippen LogP contribution is 2.16. The number of nitrogens with zero attached hydrogens (tertiary/aromatic N) is 1. The van der Waals surface area contributed by atoms with E-state index in [-0.39, 0.29) is 6.54 Å². The molecule has 0 saturated heterocycles. The van der Waals surface area contributed by atoms with E-state index >= 15 is 0 Å². The van der Waals surface area contributed by atoms with Crippen LogP contribution in [-0.2, 0) is 6.54 Å². The third-order valence-corrected chi connectivity index (χ3v) is 1.58. The quantitative estimate of drug-likeness (QED) is 0.653. The molecule has 0 aromatic carbocycles. The number of carbonyl (C=O) groups is 1. The minimum Gasteiger partial charge on any atom is -0.495 e. The molecule has 6 heteroatoms. The van der Waals surface area contributed by atoms with Crippen molar-refractivity contribution < 1.29 is 14.6 Å². The number of ether oxygens (including phenoxy) is 1. The van der Waals surface area contributed by atoms with E-state index < -0.39 is 6.09 Å². The molecule has 0 bridgehead atoms. The van der Waals surface area contributed by atoms with Crippen LogP contribution in [0.1, 0.15) is 5.69 Å². The fraction of sp³-hybridized carbons (Fsp3) is 0.250.